The number of hydrogen-bond donors (Lipinski definition) is 1. The molecule has 4 nitrogen and oxygen atoms in total. The van der Waals surface area contributed by atoms with Crippen molar-refractivity contribution in [3.8, 4) is 11.6 Å². The Morgan fingerprint density at radius 3 is 2.71 bits per heavy atom. The number of hydrogen-bond acceptors (Lipinski definition) is 4. The van der Waals surface area contributed by atoms with Gasteiger partial charge in [0.1, 0.15) is 23.2 Å². The molecule has 0 atom stereocenters. The van der Waals surface area contributed by atoms with E-state index in [9.17, 15) is 4.39 Å². The first-order valence-electron chi connectivity index (χ1n) is 6.73. The van der Waals surface area contributed by atoms with Gasteiger partial charge in [0, 0.05) is 6.54 Å². The Bertz CT molecular complexity index is 649. The zero-order valence-corrected chi connectivity index (χ0v) is 13.0. The maximum atomic E-state index is 13.1. The molecule has 1 N–H and O–H groups in total. The lowest BCUT2D eigenvalue weighted by molar-refractivity contribution is 0.454. The van der Waals surface area contributed by atoms with Gasteiger partial charge in [-0.3, -0.25) is 0 Å². The van der Waals surface area contributed by atoms with Crippen molar-refractivity contribution < 1.29 is 9.13 Å². The molecule has 2 rings (SSSR count). The summed E-state index contributed by atoms with van der Waals surface area (Å²) in [5.41, 5.74) is 0.787. The fourth-order valence-electron chi connectivity index (χ4n) is 1.78. The van der Waals surface area contributed by atoms with Crippen LogP contribution in [0.1, 0.15) is 24.7 Å². The van der Waals surface area contributed by atoms with E-state index in [-0.39, 0.29) is 5.02 Å². The van der Waals surface area contributed by atoms with Crippen LogP contribution in [0.5, 0.6) is 11.6 Å². The number of rotatable bonds is 5. The number of benzene rings is 1. The van der Waals surface area contributed by atoms with Crippen LogP contribution in [-0.2, 0) is 0 Å². The van der Waals surface area contributed by atoms with Gasteiger partial charge in [-0.05, 0) is 38.5 Å². The Morgan fingerprint density at radius 2 is 2.05 bits per heavy atom. The third-order valence-corrected chi connectivity index (χ3v) is 3.15. The number of aromatic nitrogens is 2. The van der Waals surface area contributed by atoms with Crippen LogP contribution in [0.25, 0.3) is 0 Å². The zero-order valence-electron chi connectivity index (χ0n) is 12.2. The van der Waals surface area contributed by atoms with E-state index in [0.717, 1.165) is 24.3 Å². The molecule has 112 valence electrons. The van der Waals surface area contributed by atoms with E-state index >= 15 is 0 Å². The molecule has 0 aliphatic rings. The average molecular weight is 310 g/mol. The summed E-state index contributed by atoms with van der Waals surface area (Å²) in [6, 6.07) is 3.98. The summed E-state index contributed by atoms with van der Waals surface area (Å²) in [7, 11) is 0. The number of aryl methyl sites for hydroxylation is 1. The molecule has 0 radical (unpaired) electrons. The topological polar surface area (TPSA) is 47.0 Å². The Labute approximate surface area is 128 Å². The van der Waals surface area contributed by atoms with E-state index in [1.165, 1.54) is 18.2 Å². The Balaban J connectivity index is 2.32. The molecule has 0 spiro atoms. The summed E-state index contributed by atoms with van der Waals surface area (Å²) in [4.78, 5) is 8.63. The summed E-state index contributed by atoms with van der Waals surface area (Å²) < 4.78 is 18.8. The predicted molar refractivity (Wildman–Crippen MR) is 81.8 cm³/mol. The lowest BCUT2D eigenvalue weighted by atomic mass is 10.3. The van der Waals surface area contributed by atoms with Gasteiger partial charge in [-0.15, -0.1) is 0 Å². The fourth-order valence-corrected chi connectivity index (χ4v) is 1.99. The normalized spacial score (nSPS) is 10.5. The van der Waals surface area contributed by atoms with Gasteiger partial charge in [0.05, 0.1) is 10.6 Å². The van der Waals surface area contributed by atoms with Crippen LogP contribution >= 0.6 is 11.6 Å². The van der Waals surface area contributed by atoms with Crippen molar-refractivity contribution in [2.24, 2.45) is 0 Å². The molecule has 21 heavy (non-hydrogen) atoms. The highest BCUT2D eigenvalue weighted by atomic mass is 35.5. The molecule has 1 aromatic carbocycles. The largest absolute Gasteiger partial charge is 0.437 e. The molecule has 0 bridgehead atoms. The number of nitrogens with zero attached hydrogens (tertiary/aromatic N) is 2. The minimum atomic E-state index is -0.409. The monoisotopic (exact) mass is 309 g/mol. The van der Waals surface area contributed by atoms with Crippen molar-refractivity contribution in [2.75, 3.05) is 11.9 Å². The van der Waals surface area contributed by atoms with Crippen molar-refractivity contribution in [1.29, 1.82) is 0 Å². The molecular formula is C15H17ClFN3O. The van der Waals surface area contributed by atoms with E-state index < -0.39 is 5.82 Å². The highest BCUT2D eigenvalue weighted by molar-refractivity contribution is 6.32. The molecule has 0 amide bonds. The summed E-state index contributed by atoms with van der Waals surface area (Å²) in [6.45, 7) is 6.54. The van der Waals surface area contributed by atoms with E-state index in [0.29, 0.717) is 17.5 Å². The van der Waals surface area contributed by atoms with Crippen LogP contribution in [0, 0.1) is 19.7 Å². The molecule has 0 aliphatic heterocycles. The highest BCUT2D eigenvalue weighted by Gasteiger charge is 2.13. The fraction of sp³-hybridized carbons (Fsp3) is 0.333. The summed E-state index contributed by atoms with van der Waals surface area (Å²) in [5, 5.41) is 3.43. The van der Waals surface area contributed by atoms with Gasteiger partial charge < -0.3 is 10.1 Å². The van der Waals surface area contributed by atoms with Crippen molar-refractivity contribution in [3.05, 3.63) is 40.4 Å². The van der Waals surface area contributed by atoms with E-state index in [1.54, 1.807) is 6.92 Å². The summed E-state index contributed by atoms with van der Waals surface area (Å²) in [6.07, 6.45) is 0.989. The van der Waals surface area contributed by atoms with Crippen LogP contribution < -0.4 is 10.1 Å². The van der Waals surface area contributed by atoms with Gasteiger partial charge in [-0.2, -0.15) is 4.98 Å². The van der Waals surface area contributed by atoms with Crippen molar-refractivity contribution >= 4 is 17.4 Å². The Kier molecular flexibility index (Phi) is 4.96. The molecule has 0 fully saturated rings. The number of nitrogens with one attached hydrogen (secondary N) is 1. The molecule has 0 unspecified atom stereocenters. The summed E-state index contributed by atoms with van der Waals surface area (Å²) in [5.74, 6) is 1.69. The van der Waals surface area contributed by atoms with Crippen LogP contribution in [0.3, 0.4) is 0 Å². The zero-order chi connectivity index (χ0) is 15.4. The van der Waals surface area contributed by atoms with Crippen LogP contribution in [0.2, 0.25) is 5.02 Å². The smallest absolute Gasteiger partial charge is 0.227 e. The third-order valence-electron chi connectivity index (χ3n) is 2.86. The van der Waals surface area contributed by atoms with E-state index in [1.807, 2.05) is 6.92 Å². The SMILES string of the molecule is CCCNc1nc(C)nc(Oc2ccc(F)cc2Cl)c1C. The first-order chi connectivity index (χ1) is 10.0. The second-order valence-electron chi connectivity index (χ2n) is 4.65. The van der Waals surface area contributed by atoms with Crippen LogP contribution in [0.15, 0.2) is 18.2 Å². The quantitative estimate of drug-likeness (QED) is 0.883. The lowest BCUT2D eigenvalue weighted by Gasteiger charge is -2.13. The first kappa shape index (κ1) is 15.5. The molecule has 6 heteroatoms. The van der Waals surface area contributed by atoms with Crippen LogP contribution in [0.4, 0.5) is 10.2 Å². The molecular weight excluding hydrogens is 293 g/mol. The minimum absolute atomic E-state index is 0.203. The van der Waals surface area contributed by atoms with Crippen molar-refractivity contribution in [3.63, 3.8) is 0 Å². The van der Waals surface area contributed by atoms with Crippen molar-refractivity contribution in [1.82, 2.24) is 9.97 Å². The predicted octanol–water partition coefficient (Wildman–Crippen LogP) is 4.50. The van der Waals surface area contributed by atoms with Crippen molar-refractivity contribution in [2.45, 2.75) is 27.2 Å². The van der Waals surface area contributed by atoms with Gasteiger partial charge in [-0.25, -0.2) is 9.37 Å². The van der Waals surface area contributed by atoms with Gasteiger partial charge in [0.2, 0.25) is 5.88 Å². The third kappa shape index (κ3) is 3.82. The standard InChI is InChI=1S/C15H17ClFN3O/c1-4-7-18-14-9(2)15(20-10(3)19-14)21-13-6-5-11(17)8-12(13)16/h5-6,8H,4,7H2,1-3H3,(H,18,19,20). The van der Waals surface area contributed by atoms with Crippen LogP contribution in [-0.4, -0.2) is 16.5 Å². The Morgan fingerprint density at radius 1 is 1.29 bits per heavy atom. The van der Waals surface area contributed by atoms with E-state index in [4.69, 9.17) is 16.3 Å². The molecule has 1 aromatic heterocycles. The van der Waals surface area contributed by atoms with Gasteiger partial charge >= 0.3 is 0 Å². The van der Waals surface area contributed by atoms with Gasteiger partial charge in [-0.1, -0.05) is 18.5 Å². The second kappa shape index (κ2) is 6.72. The summed E-state index contributed by atoms with van der Waals surface area (Å²) >= 11 is 5.97. The highest BCUT2D eigenvalue weighted by Crippen LogP contribution is 2.32. The minimum Gasteiger partial charge on any atom is -0.437 e. The molecule has 2 aromatic rings. The first-order valence-corrected chi connectivity index (χ1v) is 7.11. The second-order valence-corrected chi connectivity index (χ2v) is 5.06. The number of anilines is 1. The van der Waals surface area contributed by atoms with Gasteiger partial charge in [0.15, 0.2) is 0 Å². The lowest BCUT2D eigenvalue weighted by Crippen LogP contribution is -2.07. The van der Waals surface area contributed by atoms with E-state index in [2.05, 4.69) is 22.2 Å². The number of halogens is 2. The maximum absolute atomic E-state index is 13.1. The van der Waals surface area contributed by atoms with Gasteiger partial charge in [0.25, 0.3) is 0 Å². The molecule has 0 saturated heterocycles. The maximum Gasteiger partial charge on any atom is 0.227 e. The Hall–Kier alpha value is -1.88. The average Bonchev–Trinajstić information content (AvgIpc) is 2.43. The molecule has 0 saturated carbocycles. The number of ether oxygens (including phenoxy) is 1. The molecule has 0 aliphatic carbocycles. The molecule has 1 heterocycles.